The summed E-state index contributed by atoms with van der Waals surface area (Å²) in [6.07, 6.45) is 6.88. The van der Waals surface area contributed by atoms with Crippen LogP contribution in [0.3, 0.4) is 0 Å². The van der Waals surface area contributed by atoms with Crippen LogP contribution in [0.15, 0.2) is 22.7 Å². The van der Waals surface area contributed by atoms with Gasteiger partial charge in [-0.25, -0.2) is 4.79 Å². The van der Waals surface area contributed by atoms with Crippen LogP contribution < -0.4 is 4.74 Å². The third kappa shape index (κ3) is 2.80. The first-order chi connectivity index (χ1) is 12.5. The fraction of sp³-hybridized carbons (Fsp3) is 0.526. The Labute approximate surface area is 165 Å². The van der Waals surface area contributed by atoms with Crippen LogP contribution in [0.25, 0.3) is 11.4 Å². The van der Waals surface area contributed by atoms with Crippen molar-refractivity contribution in [3.05, 3.63) is 29.7 Å². The van der Waals surface area contributed by atoms with E-state index in [9.17, 15) is 4.79 Å². The van der Waals surface area contributed by atoms with Gasteiger partial charge >= 0.3 is 5.97 Å². The van der Waals surface area contributed by atoms with Gasteiger partial charge in [0.15, 0.2) is 0 Å². The zero-order valence-electron chi connectivity index (χ0n) is 14.9. The number of aromatic nitrogens is 2. The summed E-state index contributed by atoms with van der Waals surface area (Å²) in [4.78, 5) is 16.7. The molecular formula is C19H21IN2O4. The van der Waals surface area contributed by atoms with Crippen molar-refractivity contribution in [3.63, 3.8) is 0 Å². The minimum atomic E-state index is -0.455. The van der Waals surface area contributed by atoms with Gasteiger partial charge in [0.1, 0.15) is 11.3 Å². The van der Waals surface area contributed by atoms with Gasteiger partial charge < -0.3 is 14.0 Å². The van der Waals surface area contributed by atoms with Crippen molar-refractivity contribution in [1.82, 2.24) is 10.1 Å². The predicted octanol–water partition coefficient (Wildman–Crippen LogP) is 4.31. The number of ether oxygens (including phenoxy) is 2. The van der Waals surface area contributed by atoms with Crippen LogP contribution in [0, 0.1) is 0 Å². The van der Waals surface area contributed by atoms with E-state index in [1.54, 1.807) is 12.1 Å². The number of carbonyl (C=O) groups is 1. The number of methoxy groups -OCH3 is 2. The number of rotatable bonds is 4. The van der Waals surface area contributed by atoms with Gasteiger partial charge in [-0.05, 0) is 50.7 Å². The lowest BCUT2D eigenvalue weighted by atomic mass is 9.60. The average Bonchev–Trinajstić information content (AvgIpc) is 3.18. The van der Waals surface area contributed by atoms with Crippen molar-refractivity contribution in [2.24, 2.45) is 0 Å². The molecule has 2 bridgehead atoms. The highest BCUT2D eigenvalue weighted by Crippen LogP contribution is 2.56. The van der Waals surface area contributed by atoms with E-state index in [1.807, 2.05) is 6.07 Å². The molecule has 5 rings (SSSR count). The summed E-state index contributed by atoms with van der Waals surface area (Å²) in [5.41, 5.74) is 0.990. The number of hydrogen-bond acceptors (Lipinski definition) is 6. The Morgan fingerprint density at radius 1 is 1.15 bits per heavy atom. The van der Waals surface area contributed by atoms with Gasteiger partial charge in [0.25, 0.3) is 0 Å². The molecule has 1 aromatic carbocycles. The standard InChI is InChI=1S/C19H21IN2O4/c1-24-14-12(4-3-5-13(14)16(23)25-2)15-21-17(26-22-15)18-6-9-19(20,10-7-18)11-8-18/h3-5H,6-11H2,1-2H3. The highest BCUT2D eigenvalue weighted by atomic mass is 127. The number of benzene rings is 1. The van der Waals surface area contributed by atoms with Crippen molar-refractivity contribution in [2.45, 2.75) is 47.4 Å². The molecule has 3 fully saturated rings. The summed E-state index contributed by atoms with van der Waals surface area (Å²) in [5.74, 6) is 1.12. The molecule has 26 heavy (non-hydrogen) atoms. The van der Waals surface area contributed by atoms with Crippen LogP contribution in [-0.2, 0) is 10.2 Å². The Kier molecular flexibility index (Phi) is 4.45. The number of carbonyl (C=O) groups excluding carboxylic acids is 1. The fourth-order valence-corrected chi connectivity index (χ4v) is 5.02. The SMILES string of the molecule is COC(=O)c1cccc(-c2noc(C34CCC(I)(CC3)CC4)n2)c1OC. The van der Waals surface area contributed by atoms with Gasteiger partial charge in [-0.1, -0.05) is 33.8 Å². The lowest BCUT2D eigenvalue weighted by molar-refractivity contribution is 0.0597. The minimum Gasteiger partial charge on any atom is -0.495 e. The molecule has 0 atom stereocenters. The Hall–Kier alpha value is -1.64. The van der Waals surface area contributed by atoms with Gasteiger partial charge in [-0.15, -0.1) is 0 Å². The number of fused-ring (bicyclic) bond motifs is 3. The molecule has 3 aliphatic carbocycles. The molecule has 3 aliphatic rings. The van der Waals surface area contributed by atoms with Crippen molar-refractivity contribution in [3.8, 4) is 17.1 Å². The van der Waals surface area contributed by atoms with Crippen molar-refractivity contribution < 1.29 is 18.8 Å². The number of esters is 1. The fourth-order valence-electron chi connectivity index (χ4n) is 4.21. The van der Waals surface area contributed by atoms with Crippen molar-refractivity contribution >= 4 is 28.6 Å². The highest BCUT2D eigenvalue weighted by molar-refractivity contribution is 14.1. The molecule has 1 heterocycles. The number of nitrogens with zero attached hydrogens (tertiary/aromatic N) is 2. The van der Waals surface area contributed by atoms with Gasteiger partial charge in [-0.2, -0.15) is 4.98 Å². The first-order valence-electron chi connectivity index (χ1n) is 8.79. The molecule has 138 valence electrons. The smallest absolute Gasteiger partial charge is 0.341 e. The maximum Gasteiger partial charge on any atom is 0.341 e. The zero-order chi connectivity index (χ0) is 18.4. The summed E-state index contributed by atoms with van der Waals surface area (Å²) in [5, 5.41) is 4.20. The van der Waals surface area contributed by atoms with Crippen LogP contribution in [0.4, 0.5) is 0 Å². The predicted molar refractivity (Wildman–Crippen MR) is 104 cm³/mol. The second kappa shape index (κ2) is 6.51. The second-order valence-corrected chi connectivity index (χ2v) is 9.52. The normalized spacial score (nSPS) is 27.3. The third-order valence-corrected chi connectivity index (χ3v) is 7.52. The largest absolute Gasteiger partial charge is 0.495 e. The Balaban J connectivity index is 1.70. The summed E-state index contributed by atoms with van der Waals surface area (Å²) >= 11 is 2.63. The van der Waals surface area contributed by atoms with Gasteiger partial charge in [0.05, 0.1) is 19.8 Å². The molecule has 6 nitrogen and oxygen atoms in total. The van der Waals surface area contributed by atoms with Crippen molar-refractivity contribution in [2.75, 3.05) is 14.2 Å². The molecule has 0 N–H and O–H groups in total. The van der Waals surface area contributed by atoms with Crippen LogP contribution in [0.5, 0.6) is 5.75 Å². The summed E-state index contributed by atoms with van der Waals surface area (Å²) in [7, 11) is 2.87. The topological polar surface area (TPSA) is 74.5 Å². The van der Waals surface area contributed by atoms with Gasteiger partial charge in [0, 0.05) is 8.84 Å². The van der Waals surface area contributed by atoms with E-state index < -0.39 is 5.97 Å². The lowest BCUT2D eigenvalue weighted by Crippen LogP contribution is -2.44. The van der Waals surface area contributed by atoms with Crippen LogP contribution in [-0.4, -0.2) is 33.8 Å². The van der Waals surface area contributed by atoms with E-state index in [2.05, 4.69) is 27.7 Å². The van der Waals surface area contributed by atoms with Crippen LogP contribution in [0.1, 0.15) is 54.8 Å². The molecular weight excluding hydrogens is 447 g/mol. The number of halogens is 1. The quantitative estimate of drug-likeness (QED) is 0.378. The van der Waals surface area contributed by atoms with E-state index in [0.717, 1.165) is 25.2 Å². The molecule has 0 aliphatic heterocycles. The number of alkyl halides is 1. The summed E-state index contributed by atoms with van der Waals surface area (Å²) < 4.78 is 16.5. The first kappa shape index (κ1) is 17.8. The molecule has 1 aromatic heterocycles. The van der Waals surface area contributed by atoms with Gasteiger partial charge in [-0.3, -0.25) is 0 Å². The van der Waals surface area contributed by atoms with E-state index in [-0.39, 0.29) is 5.41 Å². The maximum atomic E-state index is 12.0. The second-order valence-electron chi connectivity index (χ2n) is 7.23. The molecule has 0 amide bonds. The third-order valence-electron chi connectivity index (χ3n) is 5.90. The van der Waals surface area contributed by atoms with Crippen LogP contribution >= 0.6 is 22.6 Å². The van der Waals surface area contributed by atoms with Crippen LogP contribution in [0.2, 0.25) is 0 Å². The average molecular weight is 468 g/mol. The molecule has 2 aromatic rings. The van der Waals surface area contributed by atoms with E-state index in [1.165, 1.54) is 33.5 Å². The van der Waals surface area contributed by atoms with Gasteiger partial charge in [0.2, 0.25) is 11.7 Å². The molecule has 0 unspecified atom stereocenters. The zero-order valence-corrected chi connectivity index (χ0v) is 17.0. The Bertz CT molecular complexity index is 823. The molecule has 7 heteroatoms. The Morgan fingerprint density at radius 3 is 2.46 bits per heavy atom. The Morgan fingerprint density at radius 2 is 1.85 bits per heavy atom. The number of para-hydroxylation sites is 1. The molecule has 0 saturated heterocycles. The van der Waals surface area contributed by atoms with E-state index >= 15 is 0 Å². The highest BCUT2D eigenvalue weighted by Gasteiger charge is 2.51. The maximum absolute atomic E-state index is 12.0. The molecule has 3 saturated carbocycles. The van der Waals surface area contributed by atoms with Crippen molar-refractivity contribution in [1.29, 1.82) is 0 Å². The molecule has 0 radical (unpaired) electrons. The number of hydrogen-bond donors (Lipinski definition) is 0. The molecule has 0 spiro atoms. The van der Waals surface area contributed by atoms with E-state index in [0.29, 0.717) is 26.1 Å². The van der Waals surface area contributed by atoms with E-state index in [4.69, 9.17) is 19.0 Å². The summed E-state index contributed by atoms with van der Waals surface area (Å²) in [6.45, 7) is 0. The minimum absolute atomic E-state index is 0.00532. The monoisotopic (exact) mass is 468 g/mol. The lowest BCUT2D eigenvalue weighted by Gasteiger charge is -2.48. The first-order valence-corrected chi connectivity index (χ1v) is 9.87. The summed E-state index contributed by atoms with van der Waals surface area (Å²) in [6, 6.07) is 5.26.